The minimum Gasteiger partial charge on any atom is -0.383 e. The molecule has 0 bridgehead atoms. The minimum atomic E-state index is -0.225. The fourth-order valence-electron chi connectivity index (χ4n) is 2.62. The molecule has 0 amide bonds. The maximum atomic E-state index is 13.0. The van der Waals surface area contributed by atoms with Gasteiger partial charge in [-0.3, -0.25) is 0 Å². The summed E-state index contributed by atoms with van der Waals surface area (Å²) >= 11 is 0. The molecular formula is C21H23FN4O. The van der Waals surface area contributed by atoms with Crippen molar-refractivity contribution in [3.8, 4) is 11.3 Å². The van der Waals surface area contributed by atoms with E-state index in [0.29, 0.717) is 25.6 Å². The van der Waals surface area contributed by atoms with Crippen molar-refractivity contribution in [1.82, 2.24) is 9.97 Å². The molecule has 0 saturated heterocycles. The van der Waals surface area contributed by atoms with Crippen molar-refractivity contribution in [3.63, 3.8) is 0 Å². The first-order valence-corrected chi connectivity index (χ1v) is 8.90. The van der Waals surface area contributed by atoms with Crippen LogP contribution in [0.25, 0.3) is 11.3 Å². The van der Waals surface area contributed by atoms with Crippen molar-refractivity contribution in [2.24, 2.45) is 0 Å². The monoisotopic (exact) mass is 366 g/mol. The number of rotatable bonds is 9. The molecule has 3 rings (SSSR count). The third kappa shape index (κ3) is 5.76. The largest absolute Gasteiger partial charge is 0.383 e. The summed E-state index contributed by atoms with van der Waals surface area (Å²) in [6, 6.07) is 18.4. The Morgan fingerprint density at radius 3 is 2.44 bits per heavy atom. The summed E-state index contributed by atoms with van der Waals surface area (Å²) in [5, 5.41) is 6.51. The quantitative estimate of drug-likeness (QED) is 0.561. The standard InChI is InChI=1S/C21H23FN4O/c1-27-14-13-23-20-15-19(17-5-3-2-4-6-17)25-21(26-20)24-12-11-16-7-9-18(22)10-8-16/h2-10,15H,11-14H2,1H3,(H2,23,24,25,26). The van der Waals surface area contributed by atoms with E-state index in [-0.39, 0.29) is 5.82 Å². The predicted octanol–water partition coefficient (Wildman–Crippen LogP) is 4.00. The Bertz CT molecular complexity index is 841. The molecule has 0 fully saturated rings. The first-order chi connectivity index (χ1) is 13.2. The Balaban J connectivity index is 1.72. The van der Waals surface area contributed by atoms with E-state index >= 15 is 0 Å². The van der Waals surface area contributed by atoms with Crippen molar-refractivity contribution in [2.45, 2.75) is 6.42 Å². The van der Waals surface area contributed by atoms with E-state index in [9.17, 15) is 4.39 Å². The number of nitrogens with one attached hydrogen (secondary N) is 2. The van der Waals surface area contributed by atoms with E-state index in [1.807, 2.05) is 36.4 Å². The summed E-state index contributed by atoms with van der Waals surface area (Å²) in [7, 11) is 1.67. The number of hydrogen-bond acceptors (Lipinski definition) is 5. The number of nitrogens with zero attached hydrogens (tertiary/aromatic N) is 2. The van der Waals surface area contributed by atoms with Gasteiger partial charge >= 0.3 is 0 Å². The first kappa shape index (κ1) is 18.8. The Morgan fingerprint density at radius 2 is 1.70 bits per heavy atom. The third-order valence-corrected chi connectivity index (χ3v) is 4.02. The molecule has 0 saturated carbocycles. The molecule has 3 aromatic rings. The molecule has 0 radical (unpaired) electrons. The minimum absolute atomic E-state index is 0.225. The second-order valence-corrected chi connectivity index (χ2v) is 6.05. The van der Waals surface area contributed by atoms with E-state index in [0.717, 1.165) is 29.1 Å². The fourth-order valence-corrected chi connectivity index (χ4v) is 2.62. The Morgan fingerprint density at radius 1 is 0.926 bits per heavy atom. The lowest BCUT2D eigenvalue weighted by Crippen LogP contribution is -2.12. The number of anilines is 2. The number of benzene rings is 2. The van der Waals surface area contributed by atoms with Crippen molar-refractivity contribution in [2.75, 3.05) is 37.4 Å². The van der Waals surface area contributed by atoms with Crippen LogP contribution in [0.2, 0.25) is 0 Å². The molecule has 2 N–H and O–H groups in total. The molecule has 1 aromatic heterocycles. The zero-order valence-electron chi connectivity index (χ0n) is 15.3. The van der Waals surface area contributed by atoms with Crippen molar-refractivity contribution in [3.05, 3.63) is 72.0 Å². The smallest absolute Gasteiger partial charge is 0.225 e. The predicted molar refractivity (Wildman–Crippen MR) is 106 cm³/mol. The molecule has 0 spiro atoms. The van der Waals surface area contributed by atoms with Crippen LogP contribution in [0.4, 0.5) is 16.2 Å². The molecule has 1 heterocycles. The van der Waals surface area contributed by atoms with Crippen LogP contribution < -0.4 is 10.6 Å². The topological polar surface area (TPSA) is 59.1 Å². The molecule has 2 aromatic carbocycles. The zero-order valence-corrected chi connectivity index (χ0v) is 15.3. The molecule has 5 nitrogen and oxygen atoms in total. The van der Waals surface area contributed by atoms with Crippen LogP contribution in [0.3, 0.4) is 0 Å². The van der Waals surface area contributed by atoms with E-state index in [4.69, 9.17) is 4.74 Å². The average Bonchev–Trinajstić information content (AvgIpc) is 2.70. The van der Waals surface area contributed by atoms with Crippen LogP contribution >= 0.6 is 0 Å². The molecule has 27 heavy (non-hydrogen) atoms. The van der Waals surface area contributed by atoms with Gasteiger partial charge in [-0.05, 0) is 24.1 Å². The normalized spacial score (nSPS) is 10.6. The first-order valence-electron chi connectivity index (χ1n) is 8.90. The molecule has 0 atom stereocenters. The van der Waals surface area contributed by atoms with Gasteiger partial charge in [-0.1, -0.05) is 42.5 Å². The summed E-state index contributed by atoms with van der Waals surface area (Å²) in [6.07, 6.45) is 0.756. The highest BCUT2D eigenvalue weighted by Gasteiger charge is 2.07. The second kappa shape index (κ2) is 9.64. The third-order valence-electron chi connectivity index (χ3n) is 4.02. The lowest BCUT2D eigenvalue weighted by atomic mass is 10.1. The Labute approximate surface area is 158 Å². The van der Waals surface area contributed by atoms with Crippen LogP contribution in [0.15, 0.2) is 60.7 Å². The number of hydrogen-bond donors (Lipinski definition) is 2. The number of halogens is 1. The van der Waals surface area contributed by atoms with Gasteiger partial charge in [0, 0.05) is 31.8 Å². The molecule has 0 aliphatic carbocycles. The SMILES string of the molecule is COCCNc1cc(-c2ccccc2)nc(NCCc2ccc(F)cc2)n1. The van der Waals surface area contributed by atoms with Gasteiger partial charge in [0.1, 0.15) is 11.6 Å². The maximum Gasteiger partial charge on any atom is 0.225 e. The van der Waals surface area contributed by atoms with E-state index in [1.54, 1.807) is 19.2 Å². The average molecular weight is 366 g/mol. The van der Waals surface area contributed by atoms with Crippen molar-refractivity contribution >= 4 is 11.8 Å². The number of methoxy groups -OCH3 is 1. The van der Waals surface area contributed by atoms with Gasteiger partial charge in [0.25, 0.3) is 0 Å². The highest BCUT2D eigenvalue weighted by Crippen LogP contribution is 2.21. The lowest BCUT2D eigenvalue weighted by molar-refractivity contribution is 0.210. The highest BCUT2D eigenvalue weighted by molar-refractivity contribution is 5.64. The summed E-state index contributed by atoms with van der Waals surface area (Å²) in [5.74, 6) is 1.07. The summed E-state index contributed by atoms with van der Waals surface area (Å²) in [6.45, 7) is 1.91. The fraction of sp³-hybridized carbons (Fsp3) is 0.238. The molecule has 140 valence electrons. The number of ether oxygens (including phenoxy) is 1. The molecular weight excluding hydrogens is 343 g/mol. The van der Waals surface area contributed by atoms with Gasteiger partial charge in [-0.25, -0.2) is 9.37 Å². The van der Waals surface area contributed by atoms with Gasteiger partial charge in [0.15, 0.2) is 0 Å². The molecule has 0 aliphatic heterocycles. The summed E-state index contributed by atoms with van der Waals surface area (Å²) in [5.41, 5.74) is 2.92. The van der Waals surface area contributed by atoms with Gasteiger partial charge in [-0.15, -0.1) is 0 Å². The Kier molecular flexibility index (Phi) is 6.71. The summed E-state index contributed by atoms with van der Waals surface area (Å²) < 4.78 is 18.1. The zero-order chi connectivity index (χ0) is 18.9. The van der Waals surface area contributed by atoms with Crippen molar-refractivity contribution in [1.29, 1.82) is 0 Å². The maximum absolute atomic E-state index is 13.0. The van der Waals surface area contributed by atoms with Gasteiger partial charge in [0.2, 0.25) is 5.95 Å². The van der Waals surface area contributed by atoms with Crippen molar-refractivity contribution < 1.29 is 9.13 Å². The van der Waals surface area contributed by atoms with Crippen LogP contribution in [-0.4, -0.2) is 36.8 Å². The van der Waals surface area contributed by atoms with Crippen LogP contribution in [-0.2, 0) is 11.2 Å². The highest BCUT2D eigenvalue weighted by atomic mass is 19.1. The van der Waals surface area contributed by atoms with E-state index in [2.05, 4.69) is 20.6 Å². The van der Waals surface area contributed by atoms with E-state index < -0.39 is 0 Å². The number of aromatic nitrogens is 2. The lowest BCUT2D eigenvalue weighted by Gasteiger charge is -2.11. The second-order valence-electron chi connectivity index (χ2n) is 6.05. The van der Waals surface area contributed by atoms with Gasteiger partial charge in [0.05, 0.1) is 12.3 Å². The van der Waals surface area contributed by atoms with E-state index in [1.165, 1.54) is 12.1 Å². The van der Waals surface area contributed by atoms with Crippen LogP contribution in [0.1, 0.15) is 5.56 Å². The Hall–Kier alpha value is -2.99. The van der Waals surface area contributed by atoms with Gasteiger partial charge < -0.3 is 15.4 Å². The molecule has 0 unspecified atom stereocenters. The molecule has 0 aliphatic rings. The van der Waals surface area contributed by atoms with Gasteiger partial charge in [-0.2, -0.15) is 4.98 Å². The summed E-state index contributed by atoms with van der Waals surface area (Å²) in [4.78, 5) is 9.15. The van der Waals surface area contributed by atoms with Crippen LogP contribution in [0.5, 0.6) is 0 Å². The van der Waals surface area contributed by atoms with Crippen LogP contribution in [0, 0.1) is 5.82 Å². The molecule has 6 heteroatoms.